The number of hydrogen-bond acceptors (Lipinski definition) is 1. The number of carbonyl (C=O) groups is 1. The van der Waals surface area contributed by atoms with Gasteiger partial charge in [0.05, 0.1) is 22.9 Å². The molecule has 0 aliphatic rings. The number of halogens is 1. The normalized spacial score (nSPS) is 8.58. The van der Waals surface area contributed by atoms with Gasteiger partial charge in [-0.2, -0.15) is 0 Å². The summed E-state index contributed by atoms with van der Waals surface area (Å²) in [4.78, 5) is 11.0. The molecule has 12 heavy (non-hydrogen) atoms. The minimum Gasteiger partial charge on any atom is -0.288 e. The van der Waals surface area contributed by atoms with E-state index in [0.717, 1.165) is 19.3 Å². The zero-order valence-corrected chi connectivity index (χ0v) is 9.72. The lowest BCUT2D eigenvalue weighted by Gasteiger charge is -2.05. The molecule has 0 rings (SSSR count). The topological polar surface area (TPSA) is 20.3 Å². The molecule has 0 aliphatic heterocycles. The van der Waals surface area contributed by atoms with Gasteiger partial charge in [0.25, 0.3) is 0 Å². The van der Waals surface area contributed by atoms with E-state index in [1.807, 2.05) is 29.8 Å². The highest BCUT2D eigenvalue weighted by Gasteiger charge is 2.02. The molecule has 0 unspecified atom stereocenters. The third-order valence-electron chi connectivity index (χ3n) is 1.34. The second kappa shape index (κ2) is 7.41. The zero-order chi connectivity index (χ0) is 9.40. The van der Waals surface area contributed by atoms with Crippen molar-refractivity contribution in [1.29, 1.82) is 0 Å². The molecular formula is C9H14INO. The summed E-state index contributed by atoms with van der Waals surface area (Å²) < 4.78 is 1.59. The lowest BCUT2D eigenvalue weighted by molar-refractivity contribution is -0.124. The lowest BCUT2D eigenvalue weighted by Crippen LogP contribution is -2.14. The fourth-order valence-corrected chi connectivity index (χ4v) is 0.937. The number of hydrogen-bond donors (Lipinski definition) is 0. The molecule has 0 saturated heterocycles. The number of carbonyl (C=O) groups excluding carboxylic acids is 1. The van der Waals surface area contributed by atoms with Gasteiger partial charge in [-0.15, -0.1) is 11.8 Å². The van der Waals surface area contributed by atoms with Crippen LogP contribution in [0.3, 0.4) is 0 Å². The van der Waals surface area contributed by atoms with Gasteiger partial charge in [0.1, 0.15) is 0 Å². The Kier molecular flexibility index (Phi) is 7.26. The van der Waals surface area contributed by atoms with Crippen molar-refractivity contribution >= 4 is 28.8 Å². The molecule has 0 aromatic heterocycles. The smallest absolute Gasteiger partial charge is 0.230 e. The Morgan fingerprint density at radius 3 is 2.67 bits per heavy atom. The van der Waals surface area contributed by atoms with E-state index in [9.17, 15) is 4.79 Å². The molecule has 3 heteroatoms. The summed E-state index contributed by atoms with van der Waals surface area (Å²) in [6.07, 6.45) is 3.22. The van der Waals surface area contributed by atoms with E-state index in [4.69, 9.17) is 0 Å². The molecule has 0 spiro atoms. The summed E-state index contributed by atoms with van der Waals surface area (Å²) >= 11 is 1.98. The summed E-state index contributed by atoms with van der Waals surface area (Å²) in [5.41, 5.74) is 0. The maximum atomic E-state index is 11.0. The Morgan fingerprint density at radius 1 is 1.50 bits per heavy atom. The van der Waals surface area contributed by atoms with Gasteiger partial charge in [-0.05, 0) is 6.42 Å². The maximum Gasteiger partial charge on any atom is 0.230 e. The summed E-state index contributed by atoms with van der Waals surface area (Å²) in [5, 5.41) is 0. The SMILES string of the molecule is CCC#CCCCC(=O)N(C)I. The molecule has 0 aromatic rings. The number of nitrogens with zero attached hydrogens (tertiary/aromatic N) is 1. The highest BCUT2D eigenvalue weighted by Crippen LogP contribution is 2.02. The van der Waals surface area contributed by atoms with Crippen LogP contribution in [0.1, 0.15) is 32.6 Å². The first-order valence-electron chi connectivity index (χ1n) is 4.06. The van der Waals surface area contributed by atoms with E-state index in [1.54, 1.807) is 10.2 Å². The van der Waals surface area contributed by atoms with Crippen molar-refractivity contribution in [3.63, 3.8) is 0 Å². The van der Waals surface area contributed by atoms with Crippen LogP contribution in [-0.2, 0) is 4.79 Å². The predicted molar refractivity (Wildman–Crippen MR) is 58.7 cm³/mol. The predicted octanol–water partition coefficient (Wildman–Crippen LogP) is 2.38. The summed E-state index contributed by atoms with van der Waals surface area (Å²) in [5.74, 6) is 6.16. The van der Waals surface area contributed by atoms with E-state index in [-0.39, 0.29) is 5.91 Å². The monoisotopic (exact) mass is 279 g/mol. The molecule has 0 atom stereocenters. The molecule has 0 radical (unpaired) electrons. The largest absolute Gasteiger partial charge is 0.288 e. The van der Waals surface area contributed by atoms with Crippen molar-refractivity contribution in [2.24, 2.45) is 0 Å². The van der Waals surface area contributed by atoms with E-state index in [1.165, 1.54) is 0 Å². The van der Waals surface area contributed by atoms with Crippen molar-refractivity contribution in [1.82, 2.24) is 3.11 Å². The Bertz CT molecular complexity index is 190. The van der Waals surface area contributed by atoms with Crippen LogP contribution in [0.15, 0.2) is 0 Å². The third kappa shape index (κ3) is 6.47. The van der Waals surface area contributed by atoms with E-state index < -0.39 is 0 Å². The second-order valence-electron chi connectivity index (χ2n) is 2.43. The summed E-state index contributed by atoms with van der Waals surface area (Å²) in [7, 11) is 1.76. The van der Waals surface area contributed by atoms with Gasteiger partial charge in [0.2, 0.25) is 5.91 Å². The fraction of sp³-hybridized carbons (Fsp3) is 0.667. The Balaban J connectivity index is 3.38. The van der Waals surface area contributed by atoms with Crippen LogP contribution >= 0.6 is 22.9 Å². The Labute approximate surface area is 88.2 Å². The van der Waals surface area contributed by atoms with Gasteiger partial charge >= 0.3 is 0 Å². The van der Waals surface area contributed by atoms with E-state index in [2.05, 4.69) is 11.8 Å². The van der Waals surface area contributed by atoms with Crippen molar-refractivity contribution in [2.75, 3.05) is 7.05 Å². The number of unbranched alkanes of at least 4 members (excludes halogenated alkanes) is 1. The summed E-state index contributed by atoms with van der Waals surface area (Å²) in [6.45, 7) is 2.02. The molecule has 68 valence electrons. The molecule has 0 aliphatic carbocycles. The molecule has 0 heterocycles. The maximum absolute atomic E-state index is 11.0. The number of rotatable bonds is 3. The van der Waals surface area contributed by atoms with Crippen molar-refractivity contribution in [3.05, 3.63) is 0 Å². The first kappa shape index (κ1) is 11.8. The third-order valence-corrected chi connectivity index (χ3v) is 1.88. The highest BCUT2D eigenvalue weighted by atomic mass is 127. The molecule has 0 N–H and O–H groups in total. The molecule has 0 saturated carbocycles. The standard InChI is InChI=1S/C9H14INO/c1-3-4-5-6-7-8-9(12)11(2)10/h3,6-8H2,1-2H3. The first-order chi connectivity index (χ1) is 5.68. The van der Waals surface area contributed by atoms with Crippen molar-refractivity contribution in [3.8, 4) is 11.8 Å². The Morgan fingerprint density at radius 2 is 2.17 bits per heavy atom. The van der Waals surface area contributed by atoms with Crippen LogP contribution in [0.4, 0.5) is 0 Å². The molecule has 0 fully saturated rings. The van der Waals surface area contributed by atoms with Crippen LogP contribution < -0.4 is 0 Å². The zero-order valence-electron chi connectivity index (χ0n) is 7.56. The lowest BCUT2D eigenvalue weighted by atomic mass is 10.2. The van der Waals surface area contributed by atoms with Gasteiger partial charge in [-0.25, -0.2) is 0 Å². The van der Waals surface area contributed by atoms with Gasteiger partial charge < -0.3 is 0 Å². The molecule has 1 amide bonds. The van der Waals surface area contributed by atoms with Gasteiger partial charge in [-0.3, -0.25) is 7.91 Å². The molecule has 0 aromatic carbocycles. The van der Waals surface area contributed by atoms with Crippen LogP contribution in [0.2, 0.25) is 0 Å². The number of amides is 1. The highest BCUT2D eigenvalue weighted by molar-refractivity contribution is 14.1. The van der Waals surface area contributed by atoms with Crippen molar-refractivity contribution < 1.29 is 4.79 Å². The van der Waals surface area contributed by atoms with E-state index >= 15 is 0 Å². The minimum absolute atomic E-state index is 0.175. The van der Waals surface area contributed by atoms with E-state index in [0.29, 0.717) is 6.42 Å². The summed E-state index contributed by atoms with van der Waals surface area (Å²) in [6, 6.07) is 0. The van der Waals surface area contributed by atoms with Gasteiger partial charge in [0.15, 0.2) is 0 Å². The first-order valence-corrected chi connectivity index (χ1v) is 5.03. The fourth-order valence-electron chi connectivity index (χ4n) is 0.695. The Hall–Kier alpha value is -0.240. The molecular weight excluding hydrogens is 265 g/mol. The van der Waals surface area contributed by atoms with Crippen LogP contribution in [0.25, 0.3) is 0 Å². The quantitative estimate of drug-likeness (QED) is 0.336. The molecule has 2 nitrogen and oxygen atoms in total. The van der Waals surface area contributed by atoms with Crippen molar-refractivity contribution in [2.45, 2.75) is 32.6 Å². The average molecular weight is 279 g/mol. The van der Waals surface area contributed by atoms with Crippen LogP contribution in [0, 0.1) is 11.8 Å². The van der Waals surface area contributed by atoms with Gasteiger partial charge in [-0.1, -0.05) is 6.92 Å². The second-order valence-corrected chi connectivity index (χ2v) is 3.88. The van der Waals surface area contributed by atoms with Crippen LogP contribution in [-0.4, -0.2) is 16.1 Å². The van der Waals surface area contributed by atoms with Crippen LogP contribution in [0.5, 0.6) is 0 Å². The average Bonchev–Trinajstić information content (AvgIpc) is 2.03. The minimum atomic E-state index is 0.175. The molecule has 0 bridgehead atoms. The van der Waals surface area contributed by atoms with Gasteiger partial charge in [0, 0.05) is 26.3 Å².